The molecule has 1 unspecified atom stereocenters. The minimum Gasteiger partial charge on any atom is -0.312 e. The number of nitrogens with one attached hydrogen (secondary N) is 1. The maximum Gasteiger partial charge on any atom is 0.330 e. The van der Waals surface area contributed by atoms with Gasteiger partial charge in [0, 0.05) is 37.9 Å². The van der Waals surface area contributed by atoms with E-state index in [-0.39, 0.29) is 11.2 Å². The molecule has 5 heteroatoms. The lowest BCUT2D eigenvalue weighted by atomic mass is 10.1. The first-order valence-electron chi connectivity index (χ1n) is 7.63. The van der Waals surface area contributed by atoms with Gasteiger partial charge in [-0.1, -0.05) is 26.2 Å². The molecule has 1 rings (SSSR count). The fourth-order valence-corrected chi connectivity index (χ4v) is 2.23. The van der Waals surface area contributed by atoms with Gasteiger partial charge in [-0.2, -0.15) is 0 Å². The Morgan fingerprint density at radius 2 is 2.00 bits per heavy atom. The van der Waals surface area contributed by atoms with Gasteiger partial charge in [0.05, 0.1) is 0 Å². The summed E-state index contributed by atoms with van der Waals surface area (Å²) in [5.41, 5.74) is -0.444. The van der Waals surface area contributed by atoms with Crippen LogP contribution in [0.4, 0.5) is 0 Å². The largest absolute Gasteiger partial charge is 0.330 e. The Balaban J connectivity index is 2.50. The molecule has 114 valence electrons. The lowest BCUT2D eigenvalue weighted by Crippen LogP contribution is -2.41. The van der Waals surface area contributed by atoms with Crippen LogP contribution in [-0.4, -0.2) is 21.7 Å². The second kappa shape index (κ2) is 8.74. The highest BCUT2D eigenvalue weighted by molar-refractivity contribution is 4.86. The first-order valence-corrected chi connectivity index (χ1v) is 7.63. The molecule has 0 aromatic carbocycles. The van der Waals surface area contributed by atoms with Crippen molar-refractivity contribution in [3.63, 3.8) is 0 Å². The first kappa shape index (κ1) is 16.7. The van der Waals surface area contributed by atoms with Crippen molar-refractivity contribution in [2.45, 2.75) is 65.6 Å². The minimum absolute atomic E-state index is 0.222. The molecule has 0 fully saturated rings. The van der Waals surface area contributed by atoms with E-state index in [2.05, 4.69) is 19.2 Å². The molecule has 0 bridgehead atoms. The molecule has 0 saturated carbocycles. The van der Waals surface area contributed by atoms with Crippen LogP contribution in [0, 0.1) is 0 Å². The van der Waals surface area contributed by atoms with E-state index < -0.39 is 0 Å². The maximum absolute atomic E-state index is 12.0. The second-order valence-electron chi connectivity index (χ2n) is 5.23. The van der Waals surface area contributed by atoms with Gasteiger partial charge in [0.15, 0.2) is 0 Å². The van der Waals surface area contributed by atoms with Crippen LogP contribution in [-0.2, 0) is 13.1 Å². The summed E-state index contributed by atoms with van der Waals surface area (Å²) in [5.74, 6) is 0. The molecule has 0 spiro atoms. The summed E-state index contributed by atoms with van der Waals surface area (Å²) < 4.78 is 2.85. The van der Waals surface area contributed by atoms with Gasteiger partial charge in [-0.3, -0.25) is 9.36 Å². The highest BCUT2D eigenvalue weighted by Crippen LogP contribution is 2.02. The molecule has 1 atom stereocenters. The topological polar surface area (TPSA) is 56.0 Å². The number of aryl methyl sites for hydroxylation is 1. The van der Waals surface area contributed by atoms with Gasteiger partial charge in [-0.05, 0) is 20.3 Å². The average molecular weight is 281 g/mol. The molecule has 1 aromatic rings. The monoisotopic (exact) mass is 281 g/mol. The highest BCUT2D eigenvalue weighted by atomic mass is 16.2. The zero-order valence-corrected chi connectivity index (χ0v) is 12.9. The molecule has 20 heavy (non-hydrogen) atoms. The third kappa shape index (κ3) is 4.96. The maximum atomic E-state index is 12.0. The third-order valence-corrected chi connectivity index (χ3v) is 3.55. The quantitative estimate of drug-likeness (QED) is 0.699. The van der Waals surface area contributed by atoms with E-state index in [4.69, 9.17) is 0 Å². The Morgan fingerprint density at radius 1 is 1.25 bits per heavy atom. The van der Waals surface area contributed by atoms with E-state index in [1.54, 1.807) is 10.8 Å². The fourth-order valence-electron chi connectivity index (χ4n) is 2.23. The van der Waals surface area contributed by atoms with Gasteiger partial charge in [0.1, 0.15) is 0 Å². The van der Waals surface area contributed by atoms with Crippen molar-refractivity contribution in [1.82, 2.24) is 14.5 Å². The normalized spacial score (nSPS) is 12.6. The van der Waals surface area contributed by atoms with Crippen molar-refractivity contribution in [3.8, 4) is 0 Å². The number of hydrogen-bond acceptors (Lipinski definition) is 3. The fraction of sp³-hybridized carbons (Fsp3) is 0.733. The van der Waals surface area contributed by atoms with Crippen LogP contribution in [0.3, 0.4) is 0 Å². The third-order valence-electron chi connectivity index (χ3n) is 3.55. The van der Waals surface area contributed by atoms with Crippen molar-refractivity contribution in [2.75, 3.05) is 6.54 Å². The summed E-state index contributed by atoms with van der Waals surface area (Å²) in [6.07, 6.45) is 6.39. The number of rotatable bonds is 9. The van der Waals surface area contributed by atoms with E-state index >= 15 is 0 Å². The zero-order valence-electron chi connectivity index (χ0n) is 12.9. The van der Waals surface area contributed by atoms with Crippen molar-refractivity contribution in [2.24, 2.45) is 0 Å². The summed E-state index contributed by atoms with van der Waals surface area (Å²) in [7, 11) is 0. The smallest absolute Gasteiger partial charge is 0.312 e. The number of nitrogens with zero attached hydrogens (tertiary/aromatic N) is 2. The van der Waals surface area contributed by atoms with Gasteiger partial charge < -0.3 is 9.88 Å². The van der Waals surface area contributed by atoms with Crippen LogP contribution in [0.15, 0.2) is 21.9 Å². The van der Waals surface area contributed by atoms with E-state index in [1.165, 1.54) is 29.9 Å². The highest BCUT2D eigenvalue weighted by Gasteiger charge is 2.05. The summed E-state index contributed by atoms with van der Waals surface area (Å²) in [4.78, 5) is 23.7. The second-order valence-corrected chi connectivity index (χ2v) is 5.23. The van der Waals surface area contributed by atoms with E-state index in [1.807, 2.05) is 6.92 Å². The van der Waals surface area contributed by atoms with Crippen molar-refractivity contribution >= 4 is 0 Å². The van der Waals surface area contributed by atoms with Gasteiger partial charge in [0.25, 0.3) is 5.56 Å². The minimum atomic E-state index is -0.222. The van der Waals surface area contributed by atoms with Crippen molar-refractivity contribution in [3.05, 3.63) is 33.1 Å². The predicted octanol–water partition coefficient (Wildman–Crippen LogP) is 1.59. The van der Waals surface area contributed by atoms with Crippen LogP contribution in [0.5, 0.6) is 0 Å². The molecule has 0 amide bonds. The van der Waals surface area contributed by atoms with Gasteiger partial charge in [-0.15, -0.1) is 0 Å². The van der Waals surface area contributed by atoms with E-state index in [0.29, 0.717) is 25.7 Å². The van der Waals surface area contributed by atoms with Crippen LogP contribution in [0.25, 0.3) is 0 Å². The average Bonchev–Trinajstić information content (AvgIpc) is 2.43. The molecule has 5 nitrogen and oxygen atoms in total. The number of aromatic nitrogens is 2. The van der Waals surface area contributed by atoms with Crippen LogP contribution < -0.4 is 16.6 Å². The van der Waals surface area contributed by atoms with Crippen LogP contribution in [0.1, 0.15) is 46.5 Å². The van der Waals surface area contributed by atoms with Gasteiger partial charge in [0.2, 0.25) is 0 Å². The molecule has 1 heterocycles. The standard InChI is InChI=1S/C15H27N3O2/c1-4-6-7-8-13(3)16-10-12-18-14(19)9-11-17(5-2)15(18)20/h9,11,13,16H,4-8,10,12H2,1-3H3. The summed E-state index contributed by atoms with van der Waals surface area (Å²) in [5, 5.41) is 3.37. The molecule has 1 N–H and O–H groups in total. The van der Waals surface area contributed by atoms with Crippen LogP contribution in [0.2, 0.25) is 0 Å². The number of unbranched alkanes of at least 4 members (excludes halogenated alkanes) is 2. The Hall–Kier alpha value is -1.36. The Morgan fingerprint density at radius 3 is 2.65 bits per heavy atom. The molecule has 0 saturated heterocycles. The Labute approximate surface area is 120 Å². The van der Waals surface area contributed by atoms with Crippen molar-refractivity contribution < 1.29 is 0 Å². The molecule has 0 radical (unpaired) electrons. The summed E-state index contributed by atoms with van der Waals surface area (Å²) in [6.45, 7) is 7.89. The predicted molar refractivity (Wildman–Crippen MR) is 82.2 cm³/mol. The Bertz CT molecular complexity index is 505. The SMILES string of the molecule is CCCCCC(C)NCCn1c(=O)ccn(CC)c1=O. The number of hydrogen-bond donors (Lipinski definition) is 1. The van der Waals surface area contributed by atoms with Gasteiger partial charge >= 0.3 is 5.69 Å². The molecule has 0 aliphatic heterocycles. The first-order chi connectivity index (χ1) is 9.60. The summed E-state index contributed by atoms with van der Waals surface area (Å²) >= 11 is 0. The zero-order chi connectivity index (χ0) is 15.0. The Kier molecular flexibility index (Phi) is 7.30. The van der Waals surface area contributed by atoms with E-state index in [0.717, 1.165) is 6.42 Å². The summed E-state index contributed by atoms with van der Waals surface area (Å²) in [6, 6.07) is 1.88. The molecule has 0 aliphatic rings. The molecule has 1 aromatic heterocycles. The molecular weight excluding hydrogens is 254 g/mol. The van der Waals surface area contributed by atoms with E-state index in [9.17, 15) is 9.59 Å². The molecular formula is C15H27N3O2. The van der Waals surface area contributed by atoms with Gasteiger partial charge in [-0.25, -0.2) is 4.79 Å². The van der Waals surface area contributed by atoms with Crippen molar-refractivity contribution in [1.29, 1.82) is 0 Å². The van der Waals surface area contributed by atoms with Crippen LogP contribution >= 0.6 is 0 Å². The molecule has 0 aliphatic carbocycles. The lowest BCUT2D eigenvalue weighted by molar-refractivity contribution is 0.456. The lowest BCUT2D eigenvalue weighted by Gasteiger charge is -2.14.